The number of thioether (sulfide) groups is 1. The Morgan fingerprint density at radius 3 is 2.42 bits per heavy atom. The highest BCUT2D eigenvalue weighted by Gasteiger charge is 2.23. The van der Waals surface area contributed by atoms with Crippen LogP contribution in [0.5, 0.6) is 11.5 Å². The number of nitrogens with zero attached hydrogens (tertiary/aromatic N) is 2. The van der Waals surface area contributed by atoms with Crippen LogP contribution in [-0.4, -0.2) is 42.5 Å². The van der Waals surface area contributed by atoms with Gasteiger partial charge in [0.15, 0.2) is 5.75 Å². The van der Waals surface area contributed by atoms with Crippen molar-refractivity contribution in [2.45, 2.75) is 24.5 Å². The van der Waals surface area contributed by atoms with Crippen LogP contribution >= 0.6 is 11.8 Å². The zero-order valence-electron chi connectivity index (χ0n) is 18.6. The molecular formula is C24H27N3O4S2. The first-order valence-corrected chi connectivity index (χ1v) is 13.2. The minimum atomic E-state index is -3.69. The van der Waals surface area contributed by atoms with Crippen molar-refractivity contribution < 1.29 is 17.9 Å². The molecule has 0 aliphatic heterocycles. The highest BCUT2D eigenvalue weighted by molar-refractivity contribution is 7.99. The van der Waals surface area contributed by atoms with Gasteiger partial charge in [-0.15, -0.1) is 11.8 Å². The first-order chi connectivity index (χ1) is 15.9. The summed E-state index contributed by atoms with van der Waals surface area (Å²) < 4.78 is 33.3. The maximum atomic E-state index is 13.0. The van der Waals surface area contributed by atoms with Crippen LogP contribution in [0.2, 0.25) is 0 Å². The molecule has 1 heterocycles. The number of pyridine rings is 1. The van der Waals surface area contributed by atoms with Crippen LogP contribution in [0.3, 0.4) is 0 Å². The van der Waals surface area contributed by atoms with Gasteiger partial charge in [-0.2, -0.15) is 4.31 Å². The molecule has 1 N–H and O–H groups in total. The monoisotopic (exact) mass is 485 g/mol. The maximum Gasteiger partial charge on any atom is 0.243 e. The number of rotatable bonds is 11. The second kappa shape index (κ2) is 11.8. The average Bonchev–Trinajstić information content (AvgIpc) is 2.82. The van der Waals surface area contributed by atoms with E-state index < -0.39 is 10.0 Å². The predicted molar refractivity (Wildman–Crippen MR) is 132 cm³/mol. The molecule has 0 radical (unpaired) electrons. The van der Waals surface area contributed by atoms with Crippen molar-refractivity contribution in [2.75, 3.05) is 24.2 Å². The Kier molecular flexibility index (Phi) is 8.87. The molecule has 1 aromatic heterocycles. The first kappa shape index (κ1) is 24.8. The number of carbonyl (C=O) groups is 1. The molecule has 0 aliphatic rings. The van der Waals surface area contributed by atoms with E-state index in [0.29, 0.717) is 36.0 Å². The van der Waals surface area contributed by atoms with Crippen molar-refractivity contribution in [3.63, 3.8) is 0 Å². The number of carbonyl (C=O) groups excluding carboxylic acids is 1. The number of amides is 1. The number of aromatic nitrogens is 1. The molecule has 0 bridgehead atoms. The highest BCUT2D eigenvalue weighted by atomic mass is 32.2. The van der Waals surface area contributed by atoms with Crippen LogP contribution in [0.1, 0.15) is 19.5 Å². The second-order valence-electron chi connectivity index (χ2n) is 7.02. The van der Waals surface area contributed by atoms with E-state index in [1.807, 2.05) is 36.4 Å². The van der Waals surface area contributed by atoms with E-state index in [9.17, 15) is 13.2 Å². The van der Waals surface area contributed by atoms with Crippen molar-refractivity contribution in [1.29, 1.82) is 0 Å². The molecule has 3 rings (SSSR count). The summed E-state index contributed by atoms with van der Waals surface area (Å²) in [6.45, 7) is 4.28. The van der Waals surface area contributed by atoms with Gasteiger partial charge >= 0.3 is 0 Å². The zero-order valence-corrected chi connectivity index (χ0v) is 20.2. The lowest BCUT2D eigenvalue weighted by Gasteiger charge is -2.20. The number of nitrogens with one attached hydrogen (secondary N) is 1. The Labute approximate surface area is 199 Å². The summed E-state index contributed by atoms with van der Waals surface area (Å²) in [4.78, 5) is 17.0. The Bertz CT molecular complexity index is 1150. The van der Waals surface area contributed by atoms with E-state index in [0.717, 1.165) is 5.69 Å². The van der Waals surface area contributed by atoms with Crippen molar-refractivity contribution in [3.05, 3.63) is 78.6 Å². The summed E-state index contributed by atoms with van der Waals surface area (Å²) >= 11 is 1.42. The topological polar surface area (TPSA) is 88.6 Å². The first-order valence-electron chi connectivity index (χ1n) is 10.6. The lowest BCUT2D eigenvalue weighted by Crippen LogP contribution is -2.30. The fourth-order valence-corrected chi connectivity index (χ4v) is 5.33. The van der Waals surface area contributed by atoms with Gasteiger partial charge in [-0.25, -0.2) is 8.42 Å². The normalized spacial score (nSPS) is 11.4. The fourth-order valence-electron chi connectivity index (χ4n) is 3.10. The number of benzene rings is 2. The van der Waals surface area contributed by atoms with Gasteiger partial charge in [0, 0.05) is 25.0 Å². The molecule has 2 aromatic carbocycles. The second-order valence-corrected chi connectivity index (χ2v) is 9.95. The molecule has 33 heavy (non-hydrogen) atoms. The number of para-hydroxylation sites is 1. The SMILES string of the molecule is CCN(CC)S(=O)(=O)c1ccc(Oc2ccccc2)c(NC(=O)CSCc2ccccn2)c1. The lowest BCUT2D eigenvalue weighted by molar-refractivity contribution is -0.113. The van der Waals surface area contributed by atoms with Crippen LogP contribution in [0, 0.1) is 0 Å². The van der Waals surface area contributed by atoms with Gasteiger partial charge in [-0.1, -0.05) is 38.1 Å². The molecule has 7 nitrogen and oxygen atoms in total. The van der Waals surface area contributed by atoms with Crippen LogP contribution in [0.4, 0.5) is 5.69 Å². The van der Waals surface area contributed by atoms with E-state index in [2.05, 4.69) is 10.3 Å². The molecule has 0 atom stereocenters. The summed E-state index contributed by atoms with van der Waals surface area (Å²) in [6.07, 6.45) is 1.71. The molecule has 3 aromatic rings. The van der Waals surface area contributed by atoms with E-state index in [1.54, 1.807) is 38.2 Å². The van der Waals surface area contributed by atoms with Crippen molar-refractivity contribution in [2.24, 2.45) is 0 Å². The van der Waals surface area contributed by atoms with Crippen LogP contribution in [0.15, 0.2) is 77.8 Å². The van der Waals surface area contributed by atoms with Crippen molar-refractivity contribution in [1.82, 2.24) is 9.29 Å². The van der Waals surface area contributed by atoms with Gasteiger partial charge in [-0.05, 0) is 42.5 Å². The van der Waals surface area contributed by atoms with E-state index in [1.165, 1.54) is 28.2 Å². The predicted octanol–water partition coefficient (Wildman–Crippen LogP) is 4.78. The van der Waals surface area contributed by atoms with Crippen LogP contribution in [0.25, 0.3) is 0 Å². The quantitative estimate of drug-likeness (QED) is 0.421. The highest BCUT2D eigenvalue weighted by Crippen LogP contribution is 2.33. The molecule has 0 fully saturated rings. The third kappa shape index (κ3) is 6.80. The average molecular weight is 486 g/mol. The Hall–Kier alpha value is -2.88. The number of ether oxygens (including phenoxy) is 1. The molecular weight excluding hydrogens is 458 g/mol. The smallest absolute Gasteiger partial charge is 0.243 e. The Morgan fingerprint density at radius 1 is 1.03 bits per heavy atom. The molecule has 1 amide bonds. The molecule has 174 valence electrons. The lowest BCUT2D eigenvalue weighted by atomic mass is 10.2. The van der Waals surface area contributed by atoms with Gasteiger partial charge in [-0.3, -0.25) is 9.78 Å². The van der Waals surface area contributed by atoms with Crippen LogP contribution < -0.4 is 10.1 Å². The fraction of sp³-hybridized carbons (Fsp3) is 0.250. The standard InChI is InChI=1S/C24H27N3O4S2/c1-3-27(4-2)33(29,30)21-13-14-23(31-20-11-6-5-7-12-20)22(16-21)26-24(28)18-32-17-19-10-8-9-15-25-19/h5-16H,3-4,17-18H2,1-2H3,(H,26,28). The van der Waals surface area contributed by atoms with E-state index >= 15 is 0 Å². The summed E-state index contributed by atoms with van der Waals surface area (Å²) in [5.41, 5.74) is 1.19. The third-order valence-corrected chi connectivity index (χ3v) is 7.76. The molecule has 0 saturated heterocycles. The van der Waals surface area contributed by atoms with Gasteiger partial charge in [0.05, 0.1) is 22.0 Å². The molecule has 0 saturated carbocycles. The molecule has 0 unspecified atom stereocenters. The van der Waals surface area contributed by atoms with E-state index in [4.69, 9.17) is 4.74 Å². The Morgan fingerprint density at radius 2 is 1.76 bits per heavy atom. The van der Waals surface area contributed by atoms with Gasteiger partial charge in [0.2, 0.25) is 15.9 Å². The summed E-state index contributed by atoms with van der Waals surface area (Å²) in [7, 11) is -3.69. The zero-order chi connectivity index (χ0) is 23.7. The largest absolute Gasteiger partial charge is 0.455 e. The maximum absolute atomic E-state index is 13.0. The third-order valence-electron chi connectivity index (χ3n) is 4.75. The molecule has 0 aliphatic carbocycles. The number of sulfonamides is 1. The van der Waals surface area contributed by atoms with E-state index in [-0.39, 0.29) is 16.6 Å². The van der Waals surface area contributed by atoms with Gasteiger partial charge in [0.25, 0.3) is 0 Å². The molecule has 9 heteroatoms. The van der Waals surface area contributed by atoms with Crippen molar-refractivity contribution >= 4 is 33.4 Å². The van der Waals surface area contributed by atoms with Gasteiger partial charge < -0.3 is 10.1 Å². The summed E-state index contributed by atoms with van der Waals surface area (Å²) in [5, 5.41) is 2.82. The summed E-state index contributed by atoms with van der Waals surface area (Å²) in [5.74, 6) is 1.47. The van der Waals surface area contributed by atoms with Crippen LogP contribution in [-0.2, 0) is 20.6 Å². The number of hydrogen-bond acceptors (Lipinski definition) is 6. The summed E-state index contributed by atoms with van der Waals surface area (Å²) in [6, 6.07) is 19.3. The van der Waals surface area contributed by atoms with Crippen molar-refractivity contribution in [3.8, 4) is 11.5 Å². The number of hydrogen-bond donors (Lipinski definition) is 1. The minimum Gasteiger partial charge on any atom is -0.455 e. The molecule has 0 spiro atoms. The Balaban J connectivity index is 1.81. The number of anilines is 1. The minimum absolute atomic E-state index is 0.100. The van der Waals surface area contributed by atoms with Gasteiger partial charge in [0.1, 0.15) is 5.75 Å².